The molecule has 0 unspecified atom stereocenters. The van der Waals surface area contributed by atoms with Crippen molar-refractivity contribution in [3.63, 3.8) is 0 Å². The largest absolute Gasteiger partial charge is 0.497 e. The van der Waals surface area contributed by atoms with Gasteiger partial charge in [-0.25, -0.2) is 0 Å². The van der Waals surface area contributed by atoms with Gasteiger partial charge < -0.3 is 19.0 Å². The lowest BCUT2D eigenvalue weighted by atomic mass is 9.77. The molecule has 5 rings (SSSR count). The number of hydrogen-bond donors (Lipinski definition) is 1. The molecule has 0 amide bonds. The zero-order valence-electron chi connectivity index (χ0n) is 20.6. The second-order valence-corrected chi connectivity index (χ2v) is 11.1. The molecular weight excluding hydrogens is 409 g/mol. The van der Waals surface area contributed by atoms with Gasteiger partial charge in [0, 0.05) is 27.6 Å². The van der Waals surface area contributed by atoms with Gasteiger partial charge in [-0.3, -0.25) is 0 Å². The van der Waals surface area contributed by atoms with Crippen molar-refractivity contribution < 1.29 is 13.7 Å². The molecule has 0 bridgehead atoms. The monoisotopic (exact) mass is 441 g/mol. The van der Waals surface area contributed by atoms with Gasteiger partial charge in [-0.2, -0.15) is 0 Å². The molecule has 0 aliphatic carbocycles. The van der Waals surface area contributed by atoms with Crippen LogP contribution in [0.2, 0.25) is 0 Å². The van der Waals surface area contributed by atoms with Crippen LogP contribution in [0.3, 0.4) is 0 Å². The highest BCUT2D eigenvalue weighted by atomic mass is 16.7. The van der Waals surface area contributed by atoms with E-state index in [0.717, 1.165) is 38.8 Å². The highest BCUT2D eigenvalue weighted by Gasteiger charge is 2.52. The summed E-state index contributed by atoms with van der Waals surface area (Å²) >= 11 is 0. The fourth-order valence-corrected chi connectivity index (χ4v) is 4.27. The Hall–Kier alpha value is -2.76. The molecule has 5 heteroatoms. The van der Waals surface area contributed by atoms with Crippen LogP contribution in [0.4, 0.5) is 11.4 Å². The molecule has 0 radical (unpaired) electrons. The predicted molar refractivity (Wildman–Crippen MR) is 138 cm³/mol. The first-order chi connectivity index (χ1) is 15.4. The summed E-state index contributed by atoms with van der Waals surface area (Å²) in [7, 11) is -0.496. The van der Waals surface area contributed by atoms with Gasteiger partial charge in [0.05, 0.1) is 11.2 Å². The second-order valence-electron chi connectivity index (χ2n) is 11.1. The zero-order valence-corrected chi connectivity index (χ0v) is 20.6. The number of rotatable bonds is 3. The van der Waals surface area contributed by atoms with Crippen molar-refractivity contribution >= 4 is 45.9 Å². The Morgan fingerprint density at radius 2 is 1.39 bits per heavy atom. The highest BCUT2D eigenvalue weighted by Crippen LogP contribution is 2.38. The molecule has 33 heavy (non-hydrogen) atoms. The van der Waals surface area contributed by atoms with Crippen LogP contribution in [-0.2, 0) is 14.7 Å². The van der Waals surface area contributed by atoms with Crippen molar-refractivity contribution in [1.29, 1.82) is 0 Å². The maximum Gasteiger partial charge on any atom is 0.497 e. The maximum atomic E-state index is 6.41. The van der Waals surface area contributed by atoms with Crippen molar-refractivity contribution in [2.75, 3.05) is 5.32 Å². The molecule has 1 N–H and O–H groups in total. The summed E-state index contributed by atoms with van der Waals surface area (Å²) in [6.07, 6.45) is 0. The van der Waals surface area contributed by atoms with E-state index in [1.165, 1.54) is 5.56 Å². The molecule has 3 aromatic carbocycles. The van der Waals surface area contributed by atoms with E-state index in [-0.39, 0.29) is 5.41 Å². The van der Waals surface area contributed by atoms with Crippen LogP contribution in [0, 0.1) is 0 Å². The number of fused-ring (bicyclic) bond motifs is 3. The Bertz CT molecular complexity index is 1310. The lowest BCUT2D eigenvalue weighted by Crippen LogP contribution is -2.41. The van der Waals surface area contributed by atoms with Gasteiger partial charge in [-0.1, -0.05) is 51.1 Å². The quantitative estimate of drug-likeness (QED) is 0.350. The second kappa shape index (κ2) is 7.38. The minimum absolute atomic E-state index is 0.112. The topological polar surface area (TPSA) is 43.6 Å². The van der Waals surface area contributed by atoms with E-state index in [0.29, 0.717) is 0 Å². The summed E-state index contributed by atoms with van der Waals surface area (Å²) in [4.78, 5) is 0. The van der Waals surface area contributed by atoms with Crippen LogP contribution in [0.25, 0.3) is 21.9 Å². The third kappa shape index (κ3) is 3.83. The van der Waals surface area contributed by atoms with Gasteiger partial charge in [0.1, 0.15) is 11.2 Å². The Morgan fingerprint density at radius 1 is 0.758 bits per heavy atom. The number of furan rings is 1. The fraction of sp³-hybridized carbons (Fsp3) is 0.357. The molecule has 1 fully saturated rings. The third-order valence-electron chi connectivity index (χ3n) is 7.09. The fourth-order valence-electron chi connectivity index (χ4n) is 4.27. The van der Waals surface area contributed by atoms with E-state index in [2.05, 4.69) is 96.2 Å². The molecule has 170 valence electrons. The number of benzene rings is 3. The highest BCUT2D eigenvalue weighted by molar-refractivity contribution is 6.64. The van der Waals surface area contributed by atoms with E-state index in [4.69, 9.17) is 13.7 Å². The standard InChI is InChI=1S/C28H32BNO3/c1-26(2,3)18-12-14-19(15-13-18)30-23-16-21-20-10-8-9-11-24(20)31-25(21)17-22(23)29-32-27(4,5)28(6,7)33-29/h8-17,30H,1-7H3. The van der Waals surface area contributed by atoms with Crippen molar-refractivity contribution in [3.8, 4) is 0 Å². The van der Waals surface area contributed by atoms with E-state index >= 15 is 0 Å². The number of hydrogen-bond acceptors (Lipinski definition) is 4. The predicted octanol–water partition coefficient (Wildman–Crippen LogP) is 6.93. The Kier molecular flexibility index (Phi) is 4.93. The molecule has 0 atom stereocenters. The van der Waals surface area contributed by atoms with Gasteiger partial charge in [-0.05, 0) is 69.0 Å². The molecule has 2 heterocycles. The number of nitrogens with one attached hydrogen (secondary N) is 1. The first-order valence-electron chi connectivity index (χ1n) is 11.6. The normalized spacial score (nSPS) is 17.7. The van der Waals surface area contributed by atoms with Crippen molar-refractivity contribution in [3.05, 3.63) is 66.2 Å². The first-order valence-corrected chi connectivity index (χ1v) is 11.6. The molecule has 0 spiro atoms. The summed E-state index contributed by atoms with van der Waals surface area (Å²) in [5, 5.41) is 5.79. The summed E-state index contributed by atoms with van der Waals surface area (Å²) in [5.41, 5.74) is 5.17. The molecule has 1 aliphatic heterocycles. The number of anilines is 2. The van der Waals surface area contributed by atoms with E-state index in [9.17, 15) is 0 Å². The summed E-state index contributed by atoms with van der Waals surface area (Å²) in [6.45, 7) is 15.0. The van der Waals surface area contributed by atoms with Gasteiger partial charge in [-0.15, -0.1) is 0 Å². The first kappa shape index (κ1) is 22.1. The van der Waals surface area contributed by atoms with E-state index in [1.807, 2.05) is 18.2 Å². The van der Waals surface area contributed by atoms with Crippen LogP contribution in [0.15, 0.2) is 65.1 Å². The average Bonchev–Trinajstić information content (AvgIpc) is 3.20. The Morgan fingerprint density at radius 3 is 2.03 bits per heavy atom. The van der Waals surface area contributed by atoms with Crippen molar-refractivity contribution in [1.82, 2.24) is 0 Å². The van der Waals surface area contributed by atoms with Crippen molar-refractivity contribution in [2.24, 2.45) is 0 Å². The Balaban J connectivity index is 1.62. The molecule has 1 aromatic heterocycles. The van der Waals surface area contributed by atoms with Crippen LogP contribution in [0.1, 0.15) is 54.0 Å². The molecule has 4 nitrogen and oxygen atoms in total. The molecule has 4 aromatic rings. The zero-order chi connectivity index (χ0) is 23.6. The smallest absolute Gasteiger partial charge is 0.456 e. The summed E-state index contributed by atoms with van der Waals surface area (Å²) in [6, 6.07) is 21.0. The van der Waals surface area contributed by atoms with Crippen LogP contribution < -0.4 is 10.8 Å². The lowest BCUT2D eigenvalue weighted by Gasteiger charge is -2.32. The Labute approximate surface area is 196 Å². The van der Waals surface area contributed by atoms with Gasteiger partial charge in [0.15, 0.2) is 0 Å². The summed E-state index contributed by atoms with van der Waals surface area (Å²) < 4.78 is 19.0. The van der Waals surface area contributed by atoms with Crippen LogP contribution in [-0.4, -0.2) is 18.3 Å². The van der Waals surface area contributed by atoms with Crippen molar-refractivity contribution in [2.45, 2.75) is 65.1 Å². The average molecular weight is 441 g/mol. The lowest BCUT2D eigenvalue weighted by molar-refractivity contribution is 0.00578. The van der Waals surface area contributed by atoms with Gasteiger partial charge in [0.2, 0.25) is 0 Å². The van der Waals surface area contributed by atoms with Gasteiger partial charge in [0.25, 0.3) is 0 Å². The SMILES string of the molecule is CC(C)(C)c1ccc(Nc2cc3c(cc2B2OC(C)(C)C(C)(C)O2)oc2ccccc23)cc1. The molecule has 1 saturated heterocycles. The van der Waals surface area contributed by atoms with E-state index in [1.54, 1.807) is 0 Å². The molecule has 0 saturated carbocycles. The van der Waals surface area contributed by atoms with Gasteiger partial charge >= 0.3 is 7.12 Å². The number of para-hydroxylation sites is 1. The minimum Gasteiger partial charge on any atom is -0.456 e. The van der Waals surface area contributed by atoms with Crippen LogP contribution in [0.5, 0.6) is 0 Å². The minimum atomic E-state index is -0.496. The molecule has 1 aliphatic rings. The van der Waals surface area contributed by atoms with Crippen LogP contribution >= 0.6 is 0 Å². The summed E-state index contributed by atoms with van der Waals surface area (Å²) in [5.74, 6) is 0. The molecular formula is C28H32BNO3. The maximum absolute atomic E-state index is 6.41. The van der Waals surface area contributed by atoms with E-state index < -0.39 is 18.3 Å². The third-order valence-corrected chi connectivity index (χ3v) is 7.09.